The highest BCUT2D eigenvalue weighted by molar-refractivity contribution is 6.34. The molecule has 1 aromatic rings. The fourth-order valence-electron chi connectivity index (χ4n) is 3.20. The highest BCUT2D eigenvalue weighted by atomic mass is 35.5. The summed E-state index contributed by atoms with van der Waals surface area (Å²) in [7, 11) is 0. The molecule has 0 unspecified atom stereocenters. The number of halogens is 2. The smallest absolute Gasteiger partial charge is 0.255 e. The molecular formula is C16H18ClFN2O3. The average Bonchev–Trinajstić information content (AvgIpc) is 3.12. The number of hydrogen-bond acceptors (Lipinski definition) is 3. The highest BCUT2D eigenvalue weighted by Crippen LogP contribution is 2.30. The summed E-state index contributed by atoms with van der Waals surface area (Å²) in [6.07, 6.45) is 0.267. The zero-order valence-electron chi connectivity index (χ0n) is 12.5. The third-order valence-electron chi connectivity index (χ3n) is 4.40. The first-order chi connectivity index (χ1) is 11.0. The van der Waals surface area contributed by atoms with Gasteiger partial charge in [0.25, 0.3) is 5.91 Å². The summed E-state index contributed by atoms with van der Waals surface area (Å²) in [4.78, 5) is 27.5. The van der Waals surface area contributed by atoms with Gasteiger partial charge in [-0.3, -0.25) is 9.59 Å². The van der Waals surface area contributed by atoms with E-state index < -0.39 is 18.1 Å². The predicted molar refractivity (Wildman–Crippen MR) is 84.5 cm³/mol. The van der Waals surface area contributed by atoms with Crippen molar-refractivity contribution in [2.45, 2.75) is 31.5 Å². The van der Waals surface area contributed by atoms with Gasteiger partial charge < -0.3 is 14.9 Å². The fraction of sp³-hybridized carbons (Fsp3) is 0.500. The molecule has 0 radical (unpaired) electrons. The van der Waals surface area contributed by atoms with Gasteiger partial charge in [0.05, 0.1) is 29.8 Å². The van der Waals surface area contributed by atoms with E-state index in [4.69, 9.17) is 11.6 Å². The molecule has 0 aliphatic carbocycles. The number of likely N-dealkylation sites (tertiary alicyclic amines) is 1. The molecule has 0 spiro atoms. The van der Waals surface area contributed by atoms with E-state index >= 15 is 0 Å². The lowest BCUT2D eigenvalue weighted by atomic mass is 10.1. The SMILES string of the molecule is O=C1CCCN1c1ccc(Cl)c(C(=O)N2C[C@@H](F)C[C@H]2CO)c1. The van der Waals surface area contributed by atoms with Crippen molar-refractivity contribution >= 4 is 29.1 Å². The molecule has 0 saturated carbocycles. The molecule has 1 N–H and O–H groups in total. The molecule has 1 aromatic carbocycles. The van der Waals surface area contributed by atoms with E-state index in [1.54, 1.807) is 23.1 Å². The number of hydrogen-bond donors (Lipinski definition) is 1. The van der Waals surface area contributed by atoms with E-state index in [1.807, 2.05) is 0 Å². The molecule has 2 saturated heterocycles. The number of aliphatic hydroxyl groups is 1. The predicted octanol–water partition coefficient (Wildman–Crippen LogP) is 2.01. The molecule has 5 nitrogen and oxygen atoms in total. The number of rotatable bonds is 3. The molecular weight excluding hydrogens is 323 g/mol. The van der Waals surface area contributed by atoms with Gasteiger partial charge in [0.2, 0.25) is 5.91 Å². The lowest BCUT2D eigenvalue weighted by molar-refractivity contribution is -0.117. The largest absolute Gasteiger partial charge is 0.394 e. The van der Waals surface area contributed by atoms with Crippen LogP contribution in [0.5, 0.6) is 0 Å². The topological polar surface area (TPSA) is 60.9 Å². The number of carbonyl (C=O) groups is 2. The number of nitrogens with zero attached hydrogens (tertiary/aromatic N) is 2. The van der Waals surface area contributed by atoms with E-state index in [0.29, 0.717) is 18.7 Å². The molecule has 2 aliphatic heterocycles. The van der Waals surface area contributed by atoms with Crippen molar-refractivity contribution in [3.8, 4) is 0 Å². The third kappa shape index (κ3) is 3.05. The van der Waals surface area contributed by atoms with Crippen molar-refractivity contribution in [1.82, 2.24) is 4.90 Å². The molecule has 124 valence electrons. The maximum Gasteiger partial charge on any atom is 0.255 e. The highest BCUT2D eigenvalue weighted by Gasteiger charge is 2.36. The Balaban J connectivity index is 1.89. The first-order valence-corrected chi connectivity index (χ1v) is 8.05. The standard InChI is InChI=1S/C16H18ClFN2O3/c17-14-4-3-11(19-5-1-2-15(19)22)7-13(14)16(23)20-8-10(18)6-12(20)9-21/h3-4,7,10,12,21H,1-2,5-6,8-9H2/t10-,12-/m0/s1. The second-order valence-electron chi connectivity index (χ2n) is 5.94. The van der Waals surface area contributed by atoms with Gasteiger partial charge >= 0.3 is 0 Å². The van der Waals surface area contributed by atoms with Crippen LogP contribution in [0.25, 0.3) is 0 Å². The van der Waals surface area contributed by atoms with Gasteiger partial charge in [-0.2, -0.15) is 0 Å². The Bertz CT molecular complexity index is 640. The van der Waals surface area contributed by atoms with Crippen molar-refractivity contribution in [2.75, 3.05) is 24.6 Å². The van der Waals surface area contributed by atoms with Crippen molar-refractivity contribution < 1.29 is 19.1 Å². The maximum atomic E-state index is 13.6. The Labute approximate surface area is 138 Å². The summed E-state index contributed by atoms with van der Waals surface area (Å²) in [6.45, 7) is 0.283. The van der Waals surface area contributed by atoms with Gasteiger partial charge in [-0.1, -0.05) is 11.6 Å². The van der Waals surface area contributed by atoms with E-state index in [2.05, 4.69) is 0 Å². The zero-order chi connectivity index (χ0) is 16.6. The number of benzene rings is 1. The van der Waals surface area contributed by atoms with E-state index in [9.17, 15) is 19.1 Å². The first-order valence-electron chi connectivity index (χ1n) is 7.67. The van der Waals surface area contributed by atoms with Crippen LogP contribution in [0.3, 0.4) is 0 Å². The summed E-state index contributed by atoms with van der Waals surface area (Å²) in [5.74, 6) is -0.397. The Kier molecular flexibility index (Phi) is 4.55. The molecule has 2 aliphatic rings. The zero-order valence-corrected chi connectivity index (χ0v) is 13.3. The summed E-state index contributed by atoms with van der Waals surface area (Å²) >= 11 is 6.13. The minimum atomic E-state index is -1.14. The monoisotopic (exact) mass is 340 g/mol. The van der Waals surface area contributed by atoms with E-state index in [-0.39, 0.29) is 36.1 Å². The van der Waals surface area contributed by atoms with Gasteiger partial charge in [0, 0.05) is 25.1 Å². The van der Waals surface area contributed by atoms with Crippen molar-refractivity contribution in [2.24, 2.45) is 0 Å². The summed E-state index contributed by atoms with van der Waals surface area (Å²) < 4.78 is 13.6. The van der Waals surface area contributed by atoms with Crippen LogP contribution in [0, 0.1) is 0 Å². The van der Waals surface area contributed by atoms with Gasteiger partial charge in [-0.25, -0.2) is 4.39 Å². The van der Waals surface area contributed by atoms with Crippen molar-refractivity contribution in [3.05, 3.63) is 28.8 Å². The molecule has 7 heteroatoms. The second kappa shape index (κ2) is 6.45. The third-order valence-corrected chi connectivity index (χ3v) is 4.73. The number of carbonyl (C=O) groups excluding carboxylic acids is 2. The van der Waals surface area contributed by atoms with E-state index in [0.717, 1.165) is 6.42 Å². The van der Waals surface area contributed by atoms with Crippen LogP contribution in [-0.2, 0) is 4.79 Å². The van der Waals surface area contributed by atoms with Crippen LogP contribution in [0.1, 0.15) is 29.6 Å². The molecule has 0 bridgehead atoms. The van der Waals surface area contributed by atoms with Crippen LogP contribution in [0.2, 0.25) is 5.02 Å². The van der Waals surface area contributed by atoms with Crippen molar-refractivity contribution in [3.63, 3.8) is 0 Å². The quantitative estimate of drug-likeness (QED) is 0.915. The summed E-state index contributed by atoms with van der Waals surface area (Å²) in [5.41, 5.74) is 0.855. The molecule has 0 aromatic heterocycles. The number of anilines is 1. The fourth-order valence-corrected chi connectivity index (χ4v) is 3.40. The Morgan fingerprint density at radius 1 is 1.43 bits per heavy atom. The number of aliphatic hydroxyl groups excluding tert-OH is 1. The van der Waals surface area contributed by atoms with Crippen LogP contribution in [0.15, 0.2) is 18.2 Å². The van der Waals surface area contributed by atoms with Gasteiger partial charge in [0.15, 0.2) is 0 Å². The number of alkyl halides is 1. The molecule has 23 heavy (non-hydrogen) atoms. The normalized spacial score (nSPS) is 24.6. The van der Waals surface area contributed by atoms with Crippen LogP contribution >= 0.6 is 11.6 Å². The Hall–Kier alpha value is -1.66. The Morgan fingerprint density at radius 2 is 2.22 bits per heavy atom. The molecule has 2 heterocycles. The maximum absolute atomic E-state index is 13.6. The molecule has 2 amide bonds. The summed E-state index contributed by atoms with van der Waals surface area (Å²) in [5, 5.41) is 9.59. The van der Waals surface area contributed by atoms with Gasteiger partial charge in [0.1, 0.15) is 6.17 Å². The molecule has 3 rings (SSSR count). The molecule has 2 atom stereocenters. The van der Waals surface area contributed by atoms with E-state index in [1.165, 1.54) is 4.90 Å². The minimum absolute atomic E-state index is 0.0175. The van der Waals surface area contributed by atoms with Gasteiger partial charge in [-0.15, -0.1) is 0 Å². The average molecular weight is 341 g/mol. The Morgan fingerprint density at radius 3 is 2.87 bits per heavy atom. The van der Waals surface area contributed by atoms with Gasteiger partial charge in [-0.05, 0) is 24.6 Å². The minimum Gasteiger partial charge on any atom is -0.394 e. The van der Waals surface area contributed by atoms with Crippen molar-refractivity contribution in [1.29, 1.82) is 0 Å². The van der Waals surface area contributed by atoms with Crippen LogP contribution in [-0.4, -0.2) is 53.7 Å². The summed E-state index contributed by atoms with van der Waals surface area (Å²) in [6, 6.07) is 4.32. The molecule has 2 fully saturated rings. The number of amides is 2. The first kappa shape index (κ1) is 16.2. The lowest BCUT2D eigenvalue weighted by Crippen LogP contribution is -2.38. The van der Waals surface area contributed by atoms with Crippen LogP contribution < -0.4 is 4.90 Å². The second-order valence-corrected chi connectivity index (χ2v) is 6.35. The van der Waals surface area contributed by atoms with Crippen LogP contribution in [0.4, 0.5) is 10.1 Å². The lowest BCUT2D eigenvalue weighted by Gasteiger charge is -2.24.